The van der Waals surface area contributed by atoms with Crippen LogP contribution in [0, 0.1) is 0 Å². The maximum Gasteiger partial charge on any atom is 0.332 e. The molecule has 0 spiro atoms. The van der Waals surface area contributed by atoms with E-state index in [9.17, 15) is 18.0 Å². The zero-order chi connectivity index (χ0) is 25.0. The third-order valence-corrected chi connectivity index (χ3v) is 5.69. The first kappa shape index (κ1) is 23.7. The molecule has 0 radical (unpaired) electrons. The molecule has 2 aromatic carbocycles. The van der Waals surface area contributed by atoms with Gasteiger partial charge in [0.25, 0.3) is 5.56 Å². The van der Waals surface area contributed by atoms with Gasteiger partial charge in [-0.05, 0) is 47.5 Å². The SMILES string of the molecule is COc1c(C=Cc2ccc(NS(C)(=O)=O)cc2)cc(-n2c(=O)cc[nH]c2=O)cc1-c1ccncc1. The maximum absolute atomic E-state index is 12.5. The summed E-state index contributed by atoms with van der Waals surface area (Å²) in [7, 11) is -1.82. The van der Waals surface area contributed by atoms with Crippen LogP contribution in [0.25, 0.3) is 29.0 Å². The number of aromatic nitrogens is 3. The topological polar surface area (TPSA) is 123 Å². The number of rotatable bonds is 7. The Hall–Kier alpha value is -4.44. The number of ether oxygens (including phenoxy) is 1. The van der Waals surface area contributed by atoms with Gasteiger partial charge in [-0.15, -0.1) is 0 Å². The number of hydrogen-bond acceptors (Lipinski definition) is 6. The van der Waals surface area contributed by atoms with Gasteiger partial charge in [0.15, 0.2) is 0 Å². The molecule has 0 saturated heterocycles. The van der Waals surface area contributed by atoms with Crippen molar-refractivity contribution in [3.05, 3.63) is 105 Å². The van der Waals surface area contributed by atoms with E-state index >= 15 is 0 Å². The average molecular weight is 491 g/mol. The second-order valence-electron chi connectivity index (χ2n) is 7.64. The van der Waals surface area contributed by atoms with Crippen LogP contribution in [0.15, 0.2) is 82.8 Å². The van der Waals surface area contributed by atoms with Crippen LogP contribution in [0.5, 0.6) is 5.75 Å². The molecular weight excluding hydrogens is 468 g/mol. The summed E-state index contributed by atoms with van der Waals surface area (Å²) >= 11 is 0. The van der Waals surface area contributed by atoms with E-state index in [1.54, 1.807) is 74.1 Å². The van der Waals surface area contributed by atoms with Crippen molar-refractivity contribution in [2.45, 2.75) is 0 Å². The Bertz CT molecular complexity index is 1580. The monoisotopic (exact) mass is 490 g/mol. The third kappa shape index (κ3) is 5.56. The quantitative estimate of drug-likeness (QED) is 0.384. The van der Waals surface area contributed by atoms with Gasteiger partial charge in [-0.2, -0.15) is 0 Å². The van der Waals surface area contributed by atoms with E-state index in [0.717, 1.165) is 21.9 Å². The lowest BCUT2D eigenvalue weighted by Crippen LogP contribution is -2.32. The van der Waals surface area contributed by atoms with E-state index in [2.05, 4.69) is 14.7 Å². The minimum Gasteiger partial charge on any atom is -0.495 e. The molecule has 2 heterocycles. The molecule has 35 heavy (non-hydrogen) atoms. The number of methoxy groups -OCH3 is 1. The Morgan fingerprint density at radius 3 is 2.34 bits per heavy atom. The minimum absolute atomic E-state index is 0.372. The molecule has 0 aliphatic heterocycles. The third-order valence-electron chi connectivity index (χ3n) is 5.08. The zero-order valence-corrected chi connectivity index (χ0v) is 19.7. The number of aromatic amines is 1. The highest BCUT2D eigenvalue weighted by Gasteiger charge is 2.15. The van der Waals surface area contributed by atoms with Crippen LogP contribution in [0.3, 0.4) is 0 Å². The number of nitrogens with zero attached hydrogens (tertiary/aromatic N) is 2. The van der Waals surface area contributed by atoms with Gasteiger partial charge in [-0.1, -0.05) is 24.3 Å². The summed E-state index contributed by atoms with van der Waals surface area (Å²) in [4.78, 5) is 31.5. The summed E-state index contributed by atoms with van der Waals surface area (Å²) in [5.41, 5.74) is 2.70. The smallest absolute Gasteiger partial charge is 0.332 e. The van der Waals surface area contributed by atoms with E-state index < -0.39 is 21.3 Å². The molecule has 4 aromatic rings. The Morgan fingerprint density at radius 1 is 1.00 bits per heavy atom. The molecule has 178 valence electrons. The van der Waals surface area contributed by atoms with Gasteiger partial charge in [-0.3, -0.25) is 14.5 Å². The number of nitrogens with one attached hydrogen (secondary N) is 2. The van der Waals surface area contributed by atoms with Crippen LogP contribution in [0.4, 0.5) is 5.69 Å². The molecule has 0 unspecified atom stereocenters. The van der Waals surface area contributed by atoms with Crippen molar-refractivity contribution in [1.29, 1.82) is 0 Å². The highest BCUT2D eigenvalue weighted by Crippen LogP contribution is 2.36. The minimum atomic E-state index is -3.37. The van der Waals surface area contributed by atoms with Crippen LogP contribution in [0.1, 0.15) is 11.1 Å². The van der Waals surface area contributed by atoms with E-state index in [1.807, 2.05) is 6.08 Å². The van der Waals surface area contributed by atoms with Crippen LogP contribution < -0.4 is 20.7 Å². The highest BCUT2D eigenvalue weighted by molar-refractivity contribution is 7.92. The fourth-order valence-electron chi connectivity index (χ4n) is 3.59. The molecule has 0 amide bonds. The van der Waals surface area contributed by atoms with Crippen molar-refractivity contribution < 1.29 is 13.2 Å². The number of pyridine rings is 1. The highest BCUT2D eigenvalue weighted by atomic mass is 32.2. The van der Waals surface area contributed by atoms with Crippen LogP contribution in [0.2, 0.25) is 0 Å². The lowest BCUT2D eigenvalue weighted by Gasteiger charge is -2.15. The molecule has 0 aliphatic carbocycles. The largest absolute Gasteiger partial charge is 0.495 e. The molecule has 0 fully saturated rings. The summed E-state index contributed by atoms with van der Waals surface area (Å²) in [6.45, 7) is 0. The Morgan fingerprint density at radius 2 is 1.71 bits per heavy atom. The summed E-state index contributed by atoms with van der Waals surface area (Å²) in [6.07, 6.45) is 9.30. The van der Waals surface area contributed by atoms with E-state index in [-0.39, 0.29) is 0 Å². The van der Waals surface area contributed by atoms with Gasteiger partial charge in [0.05, 0.1) is 19.1 Å². The first-order chi connectivity index (χ1) is 16.7. The van der Waals surface area contributed by atoms with Crippen molar-refractivity contribution in [3.63, 3.8) is 0 Å². The molecule has 0 atom stereocenters. The number of benzene rings is 2. The van der Waals surface area contributed by atoms with Crippen molar-refractivity contribution in [1.82, 2.24) is 14.5 Å². The lowest BCUT2D eigenvalue weighted by molar-refractivity contribution is 0.415. The Kier molecular flexibility index (Phi) is 6.65. The summed E-state index contributed by atoms with van der Waals surface area (Å²) in [5, 5.41) is 0. The van der Waals surface area contributed by atoms with Gasteiger partial charge < -0.3 is 9.72 Å². The van der Waals surface area contributed by atoms with Gasteiger partial charge in [0.1, 0.15) is 5.75 Å². The molecule has 10 heteroatoms. The number of sulfonamides is 1. The molecule has 0 saturated carbocycles. The predicted octanol–water partition coefficient (Wildman–Crippen LogP) is 3.14. The fraction of sp³-hybridized carbons (Fsp3) is 0.0800. The van der Waals surface area contributed by atoms with Crippen LogP contribution in [-0.2, 0) is 10.0 Å². The second kappa shape index (κ2) is 9.82. The fourth-order valence-corrected chi connectivity index (χ4v) is 4.16. The van der Waals surface area contributed by atoms with Crippen molar-refractivity contribution in [3.8, 4) is 22.6 Å². The van der Waals surface area contributed by atoms with Gasteiger partial charge >= 0.3 is 5.69 Å². The molecule has 4 rings (SSSR count). The number of hydrogen-bond donors (Lipinski definition) is 2. The molecule has 0 aliphatic rings. The first-order valence-corrected chi connectivity index (χ1v) is 12.3. The van der Waals surface area contributed by atoms with E-state index in [4.69, 9.17) is 4.74 Å². The van der Waals surface area contributed by atoms with E-state index in [0.29, 0.717) is 28.3 Å². The number of anilines is 1. The van der Waals surface area contributed by atoms with Gasteiger partial charge in [-0.25, -0.2) is 17.8 Å². The first-order valence-electron chi connectivity index (χ1n) is 10.4. The Labute approximate surface area is 201 Å². The number of H-pyrrole nitrogens is 1. The van der Waals surface area contributed by atoms with Crippen LogP contribution in [-0.4, -0.2) is 36.3 Å². The summed E-state index contributed by atoms with van der Waals surface area (Å²) < 4.78 is 32.0. The zero-order valence-electron chi connectivity index (χ0n) is 18.9. The molecule has 0 bridgehead atoms. The van der Waals surface area contributed by atoms with Gasteiger partial charge in [0.2, 0.25) is 10.0 Å². The normalized spacial score (nSPS) is 11.5. The van der Waals surface area contributed by atoms with Crippen LogP contribution >= 0.6 is 0 Å². The average Bonchev–Trinajstić information content (AvgIpc) is 2.83. The van der Waals surface area contributed by atoms with Crippen molar-refractivity contribution >= 4 is 27.9 Å². The summed E-state index contributed by atoms with van der Waals surface area (Å²) in [5.74, 6) is 0.548. The second-order valence-corrected chi connectivity index (χ2v) is 9.39. The Balaban J connectivity index is 1.84. The lowest BCUT2D eigenvalue weighted by atomic mass is 10.00. The van der Waals surface area contributed by atoms with Crippen molar-refractivity contribution in [2.75, 3.05) is 18.1 Å². The predicted molar refractivity (Wildman–Crippen MR) is 136 cm³/mol. The molecule has 9 nitrogen and oxygen atoms in total. The van der Waals surface area contributed by atoms with E-state index in [1.165, 1.54) is 12.3 Å². The molecule has 2 N–H and O–H groups in total. The van der Waals surface area contributed by atoms with Gasteiger partial charge in [0, 0.05) is 41.5 Å². The maximum atomic E-state index is 12.5. The summed E-state index contributed by atoms with van der Waals surface area (Å²) in [6, 6.07) is 15.1. The molecule has 2 aromatic heterocycles. The molecular formula is C25H22N4O5S. The standard InChI is InChI=1S/C25H22N4O5S/c1-34-24-19(6-3-17-4-7-20(8-5-17)28-35(2,32)33)15-21(29-23(30)11-14-27-25(29)31)16-22(24)18-9-12-26-13-10-18/h3-16,28H,1-2H3,(H,27,31). The van der Waals surface area contributed by atoms with Crippen molar-refractivity contribution in [2.24, 2.45) is 0 Å².